The van der Waals surface area contributed by atoms with Crippen LogP contribution in [0, 0.1) is 0 Å². The third-order valence-corrected chi connectivity index (χ3v) is 5.54. The summed E-state index contributed by atoms with van der Waals surface area (Å²) in [7, 11) is 0. The molecule has 1 saturated heterocycles. The third-order valence-electron chi connectivity index (χ3n) is 5.54. The molecular formula is C23H25N3O4. The molecule has 1 amide bonds. The minimum Gasteiger partial charge on any atom is -0.487 e. The van der Waals surface area contributed by atoms with Gasteiger partial charge in [-0.3, -0.25) is 9.59 Å². The number of aliphatic hydroxyl groups is 1. The van der Waals surface area contributed by atoms with Crippen molar-refractivity contribution in [3.8, 4) is 5.75 Å². The van der Waals surface area contributed by atoms with Crippen LogP contribution < -0.4 is 10.3 Å². The Morgan fingerprint density at radius 3 is 2.50 bits per heavy atom. The van der Waals surface area contributed by atoms with Gasteiger partial charge in [0, 0.05) is 24.9 Å². The number of β-amino-alcohol motifs (C(OH)–C–C–N with tert-alkyl or cyclic N) is 1. The second-order valence-corrected chi connectivity index (χ2v) is 7.81. The Balaban J connectivity index is 1.61. The van der Waals surface area contributed by atoms with Crippen LogP contribution in [0.15, 0.2) is 59.4 Å². The van der Waals surface area contributed by atoms with Crippen LogP contribution >= 0.6 is 0 Å². The van der Waals surface area contributed by atoms with Gasteiger partial charge in [0.15, 0.2) is 5.69 Å². The predicted molar refractivity (Wildman–Crippen MR) is 114 cm³/mol. The van der Waals surface area contributed by atoms with Gasteiger partial charge in [-0.05, 0) is 32.0 Å². The van der Waals surface area contributed by atoms with E-state index in [-0.39, 0.29) is 23.7 Å². The molecule has 4 rings (SSSR count). The fourth-order valence-corrected chi connectivity index (χ4v) is 3.93. The van der Waals surface area contributed by atoms with E-state index in [4.69, 9.17) is 4.74 Å². The van der Waals surface area contributed by atoms with E-state index in [0.29, 0.717) is 36.0 Å². The Morgan fingerprint density at radius 2 is 1.83 bits per heavy atom. The zero-order valence-electron chi connectivity index (χ0n) is 17.1. The van der Waals surface area contributed by atoms with Crippen LogP contribution in [0.2, 0.25) is 0 Å². The number of fused-ring (bicyclic) bond motifs is 1. The third kappa shape index (κ3) is 3.68. The highest BCUT2D eigenvalue weighted by molar-refractivity contribution is 6.04. The minimum atomic E-state index is -1.22. The van der Waals surface area contributed by atoms with E-state index in [1.54, 1.807) is 36.1 Å². The van der Waals surface area contributed by atoms with Crippen molar-refractivity contribution in [3.05, 3.63) is 70.6 Å². The number of hydrogen-bond acceptors (Lipinski definition) is 5. The van der Waals surface area contributed by atoms with Gasteiger partial charge < -0.3 is 14.7 Å². The summed E-state index contributed by atoms with van der Waals surface area (Å²) in [6.07, 6.45) is 0.0529. The molecule has 0 unspecified atom stereocenters. The van der Waals surface area contributed by atoms with Crippen molar-refractivity contribution in [2.45, 2.75) is 38.5 Å². The average Bonchev–Trinajstić information content (AvgIpc) is 2.76. The molecule has 2 aromatic carbocycles. The van der Waals surface area contributed by atoms with Crippen LogP contribution in [0.5, 0.6) is 5.75 Å². The SMILES string of the molecule is CCn1nc(C(=O)N2CC[C@H](Oc3ccccc3)[C@@](C)(O)C2)c2ccccc2c1=O. The second-order valence-electron chi connectivity index (χ2n) is 7.81. The van der Waals surface area contributed by atoms with Crippen LogP contribution in [0.25, 0.3) is 10.8 Å². The number of rotatable bonds is 4. The molecule has 30 heavy (non-hydrogen) atoms. The van der Waals surface area contributed by atoms with Crippen molar-refractivity contribution in [2.24, 2.45) is 0 Å². The summed E-state index contributed by atoms with van der Waals surface area (Å²) in [6, 6.07) is 16.3. The van der Waals surface area contributed by atoms with Crippen molar-refractivity contribution >= 4 is 16.7 Å². The van der Waals surface area contributed by atoms with Gasteiger partial charge >= 0.3 is 0 Å². The molecule has 3 aromatic rings. The molecular weight excluding hydrogens is 382 g/mol. The van der Waals surface area contributed by atoms with Gasteiger partial charge in [-0.15, -0.1) is 0 Å². The Morgan fingerprint density at radius 1 is 1.17 bits per heavy atom. The lowest BCUT2D eigenvalue weighted by Crippen LogP contribution is -2.58. The highest BCUT2D eigenvalue weighted by atomic mass is 16.5. The molecule has 1 aliphatic rings. The lowest BCUT2D eigenvalue weighted by Gasteiger charge is -2.42. The maximum atomic E-state index is 13.3. The highest BCUT2D eigenvalue weighted by Crippen LogP contribution is 2.27. The summed E-state index contributed by atoms with van der Waals surface area (Å²) in [5.74, 6) is 0.386. The summed E-state index contributed by atoms with van der Waals surface area (Å²) in [4.78, 5) is 27.5. The molecule has 7 nitrogen and oxygen atoms in total. The first kappa shape index (κ1) is 20.1. The fraction of sp³-hybridized carbons (Fsp3) is 0.348. The van der Waals surface area contributed by atoms with E-state index in [1.165, 1.54) is 4.68 Å². The molecule has 0 saturated carbocycles. The molecule has 1 N–H and O–H groups in total. The maximum Gasteiger partial charge on any atom is 0.275 e. The minimum absolute atomic E-state index is 0.116. The number of nitrogens with zero attached hydrogens (tertiary/aromatic N) is 3. The summed E-state index contributed by atoms with van der Waals surface area (Å²) >= 11 is 0. The first-order valence-corrected chi connectivity index (χ1v) is 10.1. The molecule has 1 aliphatic heterocycles. The fourth-order valence-electron chi connectivity index (χ4n) is 3.93. The van der Waals surface area contributed by atoms with Crippen LogP contribution in [0.1, 0.15) is 30.8 Å². The van der Waals surface area contributed by atoms with Gasteiger partial charge in [-0.2, -0.15) is 5.10 Å². The number of piperidine rings is 1. The molecule has 1 aromatic heterocycles. The number of aryl methyl sites for hydroxylation is 1. The number of aromatic nitrogens is 2. The molecule has 2 atom stereocenters. The van der Waals surface area contributed by atoms with Crippen molar-refractivity contribution in [1.82, 2.24) is 14.7 Å². The number of benzene rings is 2. The number of amides is 1. The Labute approximate surface area is 174 Å². The summed E-state index contributed by atoms with van der Waals surface area (Å²) in [6.45, 7) is 4.40. The topological polar surface area (TPSA) is 84.7 Å². The second kappa shape index (κ2) is 7.91. The van der Waals surface area contributed by atoms with Crippen molar-refractivity contribution in [1.29, 1.82) is 0 Å². The molecule has 156 valence electrons. The first-order chi connectivity index (χ1) is 14.4. The highest BCUT2D eigenvalue weighted by Gasteiger charge is 2.42. The molecule has 1 fully saturated rings. The first-order valence-electron chi connectivity index (χ1n) is 10.1. The normalized spacial score (nSPS) is 21.6. The van der Waals surface area contributed by atoms with E-state index in [2.05, 4.69) is 5.10 Å². The Bertz CT molecular complexity index is 1120. The quantitative estimate of drug-likeness (QED) is 0.718. The van der Waals surface area contributed by atoms with Crippen molar-refractivity contribution in [2.75, 3.05) is 13.1 Å². The number of carbonyl (C=O) groups is 1. The lowest BCUT2D eigenvalue weighted by molar-refractivity contribution is -0.0900. The molecule has 0 spiro atoms. The van der Waals surface area contributed by atoms with Crippen LogP contribution in [0.3, 0.4) is 0 Å². The largest absolute Gasteiger partial charge is 0.487 e. The number of para-hydroxylation sites is 1. The number of ether oxygens (including phenoxy) is 1. The Hall–Kier alpha value is -3.19. The van der Waals surface area contributed by atoms with E-state index in [9.17, 15) is 14.7 Å². The number of likely N-dealkylation sites (tertiary alicyclic amines) is 1. The standard InChI is InChI=1S/C23H25N3O4/c1-3-26-21(27)18-12-8-7-11-17(18)20(24-26)22(28)25-14-13-19(23(2,29)15-25)30-16-9-5-4-6-10-16/h4-12,19,29H,3,13-15H2,1-2H3/t19-,23-/m0/s1. The Kier molecular flexibility index (Phi) is 5.30. The lowest BCUT2D eigenvalue weighted by atomic mass is 9.91. The van der Waals surface area contributed by atoms with Gasteiger partial charge in [0.2, 0.25) is 0 Å². The maximum absolute atomic E-state index is 13.3. The summed E-state index contributed by atoms with van der Waals surface area (Å²) < 4.78 is 7.28. The smallest absolute Gasteiger partial charge is 0.275 e. The van der Waals surface area contributed by atoms with E-state index in [0.717, 1.165) is 0 Å². The summed E-state index contributed by atoms with van der Waals surface area (Å²) in [5, 5.41) is 16.3. The monoisotopic (exact) mass is 407 g/mol. The van der Waals surface area contributed by atoms with Gasteiger partial charge in [-0.1, -0.05) is 36.4 Å². The van der Waals surface area contributed by atoms with Gasteiger partial charge in [0.1, 0.15) is 17.5 Å². The van der Waals surface area contributed by atoms with Gasteiger partial charge in [0.25, 0.3) is 11.5 Å². The van der Waals surface area contributed by atoms with E-state index >= 15 is 0 Å². The van der Waals surface area contributed by atoms with Gasteiger partial charge in [0.05, 0.1) is 11.9 Å². The number of hydrogen-bond donors (Lipinski definition) is 1. The van der Waals surface area contributed by atoms with Crippen LogP contribution in [0.4, 0.5) is 0 Å². The van der Waals surface area contributed by atoms with E-state index in [1.807, 2.05) is 37.3 Å². The molecule has 2 heterocycles. The number of carbonyl (C=O) groups excluding carboxylic acids is 1. The average molecular weight is 407 g/mol. The zero-order chi connectivity index (χ0) is 21.3. The van der Waals surface area contributed by atoms with E-state index < -0.39 is 11.7 Å². The van der Waals surface area contributed by atoms with Gasteiger partial charge in [-0.25, -0.2) is 4.68 Å². The van der Waals surface area contributed by atoms with Crippen molar-refractivity contribution in [3.63, 3.8) is 0 Å². The predicted octanol–water partition coefficient (Wildman–Crippen LogP) is 2.46. The van der Waals surface area contributed by atoms with Crippen LogP contribution in [-0.2, 0) is 6.54 Å². The zero-order valence-corrected chi connectivity index (χ0v) is 17.1. The van der Waals surface area contributed by atoms with Crippen LogP contribution in [-0.4, -0.2) is 50.5 Å². The molecule has 0 bridgehead atoms. The molecule has 0 radical (unpaired) electrons. The summed E-state index contributed by atoms with van der Waals surface area (Å²) in [5.41, 5.74) is -1.21. The molecule has 7 heteroatoms. The molecule has 0 aliphatic carbocycles. The van der Waals surface area contributed by atoms with Crippen molar-refractivity contribution < 1.29 is 14.6 Å².